The molecule has 1 N–H and O–H groups in total. The Bertz CT molecular complexity index is 802. The number of fused-ring (bicyclic) bond motifs is 1. The molecule has 0 spiro atoms. The molecule has 22 heavy (non-hydrogen) atoms. The van der Waals surface area contributed by atoms with Crippen LogP contribution in [0.2, 0.25) is 0 Å². The molecule has 5 heteroatoms. The van der Waals surface area contributed by atoms with Gasteiger partial charge in [-0.05, 0) is 67.8 Å². The molecule has 0 bridgehead atoms. The minimum atomic E-state index is -3.68. The molecule has 1 unspecified atom stereocenters. The Hall–Kier alpha value is -1.72. The lowest BCUT2D eigenvalue weighted by Gasteiger charge is -2.25. The Morgan fingerprint density at radius 1 is 1.14 bits per heavy atom. The van der Waals surface area contributed by atoms with Crippen LogP contribution in [-0.2, 0) is 16.3 Å². The largest absolute Gasteiger partial charge is 0.313 e. The van der Waals surface area contributed by atoms with E-state index in [0.29, 0.717) is 0 Å². The summed E-state index contributed by atoms with van der Waals surface area (Å²) in [6.45, 7) is 0. The van der Waals surface area contributed by atoms with Crippen LogP contribution in [0, 0.1) is 5.82 Å². The third kappa shape index (κ3) is 2.66. The highest BCUT2D eigenvalue weighted by Crippen LogP contribution is 2.32. The molecular formula is C17H18FNO2S. The Morgan fingerprint density at radius 3 is 2.64 bits per heavy atom. The van der Waals surface area contributed by atoms with Crippen LogP contribution in [0.1, 0.15) is 30.0 Å². The number of halogens is 1. The molecule has 116 valence electrons. The van der Waals surface area contributed by atoms with Crippen LogP contribution in [0.25, 0.3) is 0 Å². The average molecular weight is 319 g/mol. The highest BCUT2D eigenvalue weighted by atomic mass is 32.2. The second-order valence-corrected chi connectivity index (χ2v) is 7.50. The summed E-state index contributed by atoms with van der Waals surface area (Å²) >= 11 is 0. The van der Waals surface area contributed by atoms with Gasteiger partial charge in [0.2, 0.25) is 9.84 Å². The number of rotatable bonds is 3. The van der Waals surface area contributed by atoms with Crippen LogP contribution in [0.4, 0.5) is 4.39 Å². The van der Waals surface area contributed by atoms with Crippen LogP contribution < -0.4 is 5.32 Å². The smallest absolute Gasteiger partial charge is 0.206 e. The lowest BCUT2D eigenvalue weighted by molar-refractivity contribution is 0.495. The number of hydrogen-bond donors (Lipinski definition) is 1. The third-order valence-electron chi connectivity index (χ3n) is 4.19. The first-order chi connectivity index (χ1) is 10.5. The molecule has 2 aromatic rings. The molecule has 0 aromatic heterocycles. The van der Waals surface area contributed by atoms with Crippen molar-refractivity contribution in [2.75, 3.05) is 7.05 Å². The van der Waals surface area contributed by atoms with E-state index in [9.17, 15) is 12.8 Å². The fourth-order valence-electron chi connectivity index (χ4n) is 3.03. The Morgan fingerprint density at radius 2 is 1.91 bits per heavy atom. The zero-order chi connectivity index (χ0) is 15.7. The molecule has 0 heterocycles. The summed E-state index contributed by atoms with van der Waals surface area (Å²) < 4.78 is 38.6. The Kier molecular flexibility index (Phi) is 4.02. The summed E-state index contributed by atoms with van der Waals surface area (Å²) in [6.07, 6.45) is 2.96. The van der Waals surface area contributed by atoms with Crippen molar-refractivity contribution in [2.45, 2.75) is 35.1 Å². The fraction of sp³-hybridized carbons (Fsp3) is 0.294. The highest BCUT2D eigenvalue weighted by Gasteiger charge is 2.23. The van der Waals surface area contributed by atoms with Crippen molar-refractivity contribution in [3.63, 3.8) is 0 Å². The first-order valence-corrected chi connectivity index (χ1v) is 8.81. The number of sulfone groups is 1. The van der Waals surface area contributed by atoms with Gasteiger partial charge in [-0.2, -0.15) is 0 Å². The summed E-state index contributed by atoms with van der Waals surface area (Å²) in [4.78, 5) is 0.224. The van der Waals surface area contributed by atoms with E-state index in [1.54, 1.807) is 12.1 Å². The molecule has 1 atom stereocenters. The molecule has 3 nitrogen and oxygen atoms in total. The van der Waals surface area contributed by atoms with Crippen LogP contribution >= 0.6 is 0 Å². The van der Waals surface area contributed by atoms with Crippen molar-refractivity contribution < 1.29 is 12.8 Å². The number of nitrogens with one attached hydrogen (secondary N) is 1. The van der Waals surface area contributed by atoms with Crippen LogP contribution in [0.3, 0.4) is 0 Å². The minimum Gasteiger partial charge on any atom is -0.313 e. The van der Waals surface area contributed by atoms with Crippen molar-refractivity contribution in [3.05, 3.63) is 59.4 Å². The predicted octanol–water partition coefficient (Wildman–Crippen LogP) is 3.26. The topological polar surface area (TPSA) is 46.2 Å². The normalized spacial score (nSPS) is 18.0. The first-order valence-electron chi connectivity index (χ1n) is 7.33. The van der Waals surface area contributed by atoms with Gasteiger partial charge in [-0.15, -0.1) is 0 Å². The standard InChI is InChI=1S/C17H18FNO2S/c1-19-17-7-2-4-12-10-15(8-9-16(12)17)22(20,21)14-6-3-5-13(18)11-14/h3,5-6,8-11,17,19H,2,4,7H2,1H3. The summed E-state index contributed by atoms with van der Waals surface area (Å²) in [7, 11) is -1.77. The van der Waals surface area contributed by atoms with Crippen molar-refractivity contribution in [3.8, 4) is 0 Å². The number of benzene rings is 2. The van der Waals surface area contributed by atoms with Gasteiger partial charge in [-0.3, -0.25) is 0 Å². The molecule has 0 saturated carbocycles. The molecule has 0 aliphatic heterocycles. The molecule has 2 aromatic carbocycles. The van der Waals surface area contributed by atoms with Crippen molar-refractivity contribution >= 4 is 9.84 Å². The summed E-state index contributed by atoms with van der Waals surface area (Å²) in [5, 5.41) is 3.26. The van der Waals surface area contributed by atoms with Gasteiger partial charge in [0, 0.05) is 6.04 Å². The molecule has 1 aliphatic carbocycles. The van der Waals surface area contributed by atoms with Crippen molar-refractivity contribution in [1.82, 2.24) is 5.32 Å². The Labute approximate surface area is 130 Å². The van der Waals surface area contributed by atoms with E-state index in [1.807, 2.05) is 13.1 Å². The van der Waals surface area contributed by atoms with Gasteiger partial charge in [0.15, 0.2) is 0 Å². The van der Waals surface area contributed by atoms with E-state index in [2.05, 4.69) is 5.32 Å². The second-order valence-electron chi connectivity index (χ2n) is 5.55. The van der Waals surface area contributed by atoms with Gasteiger partial charge in [-0.25, -0.2) is 12.8 Å². The summed E-state index contributed by atoms with van der Waals surface area (Å²) in [5.74, 6) is -0.547. The zero-order valence-electron chi connectivity index (χ0n) is 12.3. The second kappa shape index (κ2) is 5.82. The molecule has 0 amide bonds. The summed E-state index contributed by atoms with van der Waals surface area (Å²) in [5.41, 5.74) is 2.22. The van der Waals surface area contributed by atoms with E-state index in [-0.39, 0.29) is 15.8 Å². The van der Waals surface area contributed by atoms with E-state index < -0.39 is 15.7 Å². The number of aryl methyl sites for hydroxylation is 1. The van der Waals surface area contributed by atoms with Crippen molar-refractivity contribution in [1.29, 1.82) is 0 Å². The van der Waals surface area contributed by atoms with Crippen LogP contribution in [0.15, 0.2) is 52.3 Å². The van der Waals surface area contributed by atoms with Gasteiger partial charge in [-0.1, -0.05) is 12.1 Å². The van der Waals surface area contributed by atoms with Gasteiger partial charge in [0.1, 0.15) is 5.82 Å². The lowest BCUT2D eigenvalue weighted by atomic mass is 9.88. The molecular weight excluding hydrogens is 301 g/mol. The summed E-state index contributed by atoms with van der Waals surface area (Å²) in [6, 6.07) is 10.6. The minimum absolute atomic E-state index is 0.00609. The molecule has 0 saturated heterocycles. The van der Waals surface area contributed by atoms with E-state index in [0.717, 1.165) is 36.5 Å². The maximum Gasteiger partial charge on any atom is 0.206 e. The monoisotopic (exact) mass is 319 g/mol. The third-order valence-corrected chi connectivity index (χ3v) is 5.94. The van der Waals surface area contributed by atoms with E-state index >= 15 is 0 Å². The van der Waals surface area contributed by atoms with Gasteiger partial charge < -0.3 is 5.32 Å². The molecule has 0 radical (unpaired) electrons. The fourth-order valence-corrected chi connectivity index (χ4v) is 4.37. The van der Waals surface area contributed by atoms with Crippen LogP contribution in [0.5, 0.6) is 0 Å². The molecule has 1 aliphatic rings. The maximum atomic E-state index is 13.3. The molecule has 3 rings (SSSR count). The zero-order valence-corrected chi connectivity index (χ0v) is 13.2. The average Bonchev–Trinajstić information content (AvgIpc) is 2.53. The van der Waals surface area contributed by atoms with Gasteiger partial charge in [0.25, 0.3) is 0 Å². The van der Waals surface area contributed by atoms with E-state index in [4.69, 9.17) is 0 Å². The van der Waals surface area contributed by atoms with Gasteiger partial charge >= 0.3 is 0 Å². The quantitative estimate of drug-likeness (QED) is 0.944. The number of hydrogen-bond acceptors (Lipinski definition) is 3. The highest BCUT2D eigenvalue weighted by molar-refractivity contribution is 7.91. The van der Waals surface area contributed by atoms with Gasteiger partial charge in [0.05, 0.1) is 9.79 Å². The molecule has 0 fully saturated rings. The Balaban J connectivity index is 2.06. The van der Waals surface area contributed by atoms with E-state index in [1.165, 1.54) is 18.2 Å². The SMILES string of the molecule is CNC1CCCc2cc(S(=O)(=O)c3cccc(F)c3)ccc21. The maximum absolute atomic E-state index is 13.3. The first kappa shape index (κ1) is 15.2. The van der Waals surface area contributed by atoms with Crippen molar-refractivity contribution in [2.24, 2.45) is 0 Å². The van der Waals surface area contributed by atoms with Crippen LogP contribution in [-0.4, -0.2) is 15.5 Å². The predicted molar refractivity (Wildman–Crippen MR) is 83.0 cm³/mol. The lowest BCUT2D eigenvalue weighted by Crippen LogP contribution is -2.21.